The normalized spacial score (nSPS) is 28.6. The minimum atomic E-state index is -0.816. The first-order valence-corrected chi connectivity index (χ1v) is 8.31. The Balaban J connectivity index is 1.62. The molecule has 0 amide bonds. The number of piperidine rings is 1. The zero-order valence-electron chi connectivity index (χ0n) is 12.9. The molecule has 21 heavy (non-hydrogen) atoms. The van der Waals surface area contributed by atoms with Gasteiger partial charge in [0.15, 0.2) is 0 Å². The molecule has 2 heterocycles. The van der Waals surface area contributed by atoms with E-state index in [0.717, 1.165) is 37.9 Å². The van der Waals surface area contributed by atoms with Crippen LogP contribution < -0.4 is 0 Å². The molecule has 3 rings (SSSR count). The van der Waals surface area contributed by atoms with E-state index in [0.29, 0.717) is 11.7 Å². The van der Waals surface area contributed by atoms with Crippen molar-refractivity contribution in [3.63, 3.8) is 0 Å². The van der Waals surface area contributed by atoms with Gasteiger partial charge >= 0.3 is 5.97 Å². The van der Waals surface area contributed by atoms with Crippen LogP contribution in [0.3, 0.4) is 0 Å². The lowest BCUT2D eigenvalue weighted by Crippen LogP contribution is -2.46. The summed E-state index contributed by atoms with van der Waals surface area (Å²) in [5.74, 6) is -0.000193. The van der Waals surface area contributed by atoms with E-state index in [2.05, 4.69) is 11.8 Å². The molecule has 116 valence electrons. The molecule has 2 unspecified atom stereocenters. The molecule has 1 aliphatic carbocycles. The lowest BCUT2D eigenvalue weighted by molar-refractivity contribution is 0.0650. The Kier molecular flexibility index (Phi) is 4.34. The molecule has 0 radical (unpaired) electrons. The van der Waals surface area contributed by atoms with E-state index in [1.807, 2.05) is 16.8 Å². The van der Waals surface area contributed by atoms with Crippen LogP contribution in [0.4, 0.5) is 0 Å². The van der Waals surface area contributed by atoms with Gasteiger partial charge in [0.2, 0.25) is 0 Å². The van der Waals surface area contributed by atoms with Crippen molar-refractivity contribution in [2.45, 2.75) is 57.5 Å². The Labute approximate surface area is 126 Å². The number of hydrogen-bond acceptors (Lipinski definition) is 2. The highest BCUT2D eigenvalue weighted by Gasteiger charge is 2.31. The summed E-state index contributed by atoms with van der Waals surface area (Å²) in [7, 11) is 0. The van der Waals surface area contributed by atoms with Crippen LogP contribution in [0.15, 0.2) is 18.3 Å². The smallest absolute Gasteiger partial charge is 0.352 e. The molecule has 0 spiro atoms. The van der Waals surface area contributed by atoms with Crippen LogP contribution >= 0.6 is 0 Å². The molecule has 1 aromatic rings. The van der Waals surface area contributed by atoms with E-state index in [9.17, 15) is 9.90 Å². The van der Waals surface area contributed by atoms with Gasteiger partial charge < -0.3 is 9.67 Å². The lowest BCUT2D eigenvalue weighted by atomic mass is 9.84. The quantitative estimate of drug-likeness (QED) is 0.928. The van der Waals surface area contributed by atoms with Crippen LogP contribution in [0.5, 0.6) is 0 Å². The molecule has 1 aromatic heterocycles. The summed E-state index contributed by atoms with van der Waals surface area (Å²) in [5.41, 5.74) is 0.430. The number of carboxylic acids is 1. The number of hydrogen-bond donors (Lipinski definition) is 1. The molecule has 0 aromatic carbocycles. The van der Waals surface area contributed by atoms with Gasteiger partial charge in [-0.2, -0.15) is 0 Å². The van der Waals surface area contributed by atoms with Crippen molar-refractivity contribution in [3.05, 3.63) is 24.0 Å². The highest BCUT2D eigenvalue weighted by atomic mass is 16.4. The topological polar surface area (TPSA) is 45.5 Å². The fraction of sp³-hybridized carbons (Fsp3) is 0.706. The first-order valence-electron chi connectivity index (χ1n) is 8.31. The third-order valence-corrected chi connectivity index (χ3v) is 5.43. The fourth-order valence-corrected chi connectivity index (χ4v) is 4.23. The summed E-state index contributed by atoms with van der Waals surface area (Å²) in [6, 6.07) is 4.65. The van der Waals surface area contributed by atoms with Gasteiger partial charge in [0, 0.05) is 31.4 Å². The summed E-state index contributed by atoms with van der Waals surface area (Å²) < 4.78 is 1.96. The first kappa shape index (κ1) is 14.6. The molecule has 2 aliphatic rings. The molecule has 2 fully saturated rings. The predicted octanol–water partition coefficient (Wildman–Crippen LogP) is 3.40. The van der Waals surface area contributed by atoms with Gasteiger partial charge in [-0.3, -0.25) is 4.90 Å². The van der Waals surface area contributed by atoms with Gasteiger partial charge in [-0.25, -0.2) is 4.79 Å². The van der Waals surface area contributed by atoms with Gasteiger partial charge in [0.25, 0.3) is 0 Å². The van der Waals surface area contributed by atoms with E-state index in [1.54, 1.807) is 6.07 Å². The summed E-state index contributed by atoms with van der Waals surface area (Å²) in [5, 5.41) is 9.24. The van der Waals surface area contributed by atoms with E-state index in [-0.39, 0.29) is 0 Å². The molecule has 1 saturated heterocycles. The van der Waals surface area contributed by atoms with Gasteiger partial charge in [0.1, 0.15) is 5.69 Å². The van der Waals surface area contributed by atoms with Gasteiger partial charge in [-0.05, 0) is 43.7 Å². The Morgan fingerprint density at radius 2 is 1.90 bits per heavy atom. The summed E-state index contributed by atoms with van der Waals surface area (Å²) in [4.78, 5) is 13.9. The maximum absolute atomic E-state index is 11.2. The standard InChI is InChI=1S/C17H26N2O2/c1-13-5-2-3-6-15(13)18-11-8-14(9-12-18)19-10-4-7-16(19)17(20)21/h4,7,10,13-15H,2-3,5-6,8-9,11-12H2,1H3,(H,20,21). The molecule has 1 N–H and O–H groups in total. The van der Waals surface area contributed by atoms with Crippen molar-refractivity contribution < 1.29 is 9.90 Å². The third kappa shape index (κ3) is 3.00. The fourth-order valence-electron chi connectivity index (χ4n) is 4.23. The van der Waals surface area contributed by atoms with Crippen molar-refractivity contribution in [1.82, 2.24) is 9.47 Å². The van der Waals surface area contributed by atoms with Crippen LogP contribution in [0.25, 0.3) is 0 Å². The molecule has 4 heteroatoms. The largest absolute Gasteiger partial charge is 0.477 e. The highest BCUT2D eigenvalue weighted by Crippen LogP contribution is 2.32. The number of nitrogens with zero attached hydrogens (tertiary/aromatic N) is 2. The zero-order valence-corrected chi connectivity index (χ0v) is 12.9. The second kappa shape index (κ2) is 6.22. The first-order chi connectivity index (χ1) is 10.2. The van der Waals surface area contributed by atoms with Crippen LogP contribution in [-0.4, -0.2) is 39.7 Å². The summed E-state index contributed by atoms with van der Waals surface area (Å²) in [6.45, 7) is 4.61. The van der Waals surface area contributed by atoms with Crippen molar-refractivity contribution in [1.29, 1.82) is 0 Å². The van der Waals surface area contributed by atoms with E-state index in [4.69, 9.17) is 0 Å². The monoisotopic (exact) mass is 290 g/mol. The van der Waals surface area contributed by atoms with Crippen LogP contribution in [0.1, 0.15) is 62.0 Å². The van der Waals surface area contributed by atoms with Crippen LogP contribution in [0.2, 0.25) is 0 Å². The minimum Gasteiger partial charge on any atom is -0.477 e. The van der Waals surface area contributed by atoms with Crippen molar-refractivity contribution in [2.75, 3.05) is 13.1 Å². The maximum Gasteiger partial charge on any atom is 0.352 e. The molecule has 1 aliphatic heterocycles. The number of rotatable bonds is 3. The lowest BCUT2D eigenvalue weighted by Gasteiger charge is -2.42. The Morgan fingerprint density at radius 3 is 2.57 bits per heavy atom. The van der Waals surface area contributed by atoms with Gasteiger partial charge in [-0.1, -0.05) is 19.8 Å². The van der Waals surface area contributed by atoms with E-state index in [1.165, 1.54) is 25.7 Å². The molecular weight excluding hydrogens is 264 g/mol. The molecule has 1 saturated carbocycles. The minimum absolute atomic E-state index is 0.348. The average Bonchev–Trinajstić information content (AvgIpc) is 2.98. The highest BCUT2D eigenvalue weighted by molar-refractivity contribution is 5.85. The summed E-state index contributed by atoms with van der Waals surface area (Å²) in [6.07, 6.45) is 9.53. The number of aromatic carboxylic acids is 1. The van der Waals surface area contributed by atoms with Gasteiger partial charge in [-0.15, -0.1) is 0 Å². The number of carboxylic acid groups (broad SMARTS) is 1. The summed E-state index contributed by atoms with van der Waals surface area (Å²) >= 11 is 0. The average molecular weight is 290 g/mol. The number of carbonyl (C=O) groups is 1. The predicted molar refractivity (Wildman–Crippen MR) is 82.7 cm³/mol. The van der Waals surface area contributed by atoms with E-state index < -0.39 is 5.97 Å². The zero-order chi connectivity index (χ0) is 14.8. The van der Waals surface area contributed by atoms with E-state index >= 15 is 0 Å². The Hall–Kier alpha value is -1.29. The van der Waals surface area contributed by atoms with Crippen molar-refractivity contribution in [2.24, 2.45) is 5.92 Å². The van der Waals surface area contributed by atoms with Crippen LogP contribution in [-0.2, 0) is 0 Å². The Bertz CT molecular complexity index is 489. The maximum atomic E-state index is 11.2. The van der Waals surface area contributed by atoms with Crippen molar-refractivity contribution in [3.8, 4) is 0 Å². The molecule has 2 atom stereocenters. The number of likely N-dealkylation sites (tertiary alicyclic amines) is 1. The number of aromatic nitrogens is 1. The molecule has 4 nitrogen and oxygen atoms in total. The SMILES string of the molecule is CC1CCCCC1N1CCC(n2cccc2C(=O)O)CC1. The second-order valence-corrected chi connectivity index (χ2v) is 6.70. The third-order valence-electron chi connectivity index (χ3n) is 5.43. The second-order valence-electron chi connectivity index (χ2n) is 6.70. The Morgan fingerprint density at radius 1 is 1.19 bits per heavy atom. The molecule has 0 bridgehead atoms. The molecular formula is C17H26N2O2. The van der Waals surface area contributed by atoms with Crippen LogP contribution in [0, 0.1) is 5.92 Å². The van der Waals surface area contributed by atoms with Crippen molar-refractivity contribution >= 4 is 5.97 Å². The van der Waals surface area contributed by atoms with Gasteiger partial charge in [0.05, 0.1) is 0 Å².